The number of ketones is 1. The molecule has 4 aliphatic carbocycles. The summed E-state index contributed by atoms with van der Waals surface area (Å²) in [5, 5.41) is 11.9. The van der Waals surface area contributed by atoms with Gasteiger partial charge in [-0.15, -0.1) is 0 Å². The van der Waals surface area contributed by atoms with E-state index in [0.717, 1.165) is 43.0 Å². The Bertz CT molecular complexity index is 947. The molecule has 1 aromatic rings. The van der Waals surface area contributed by atoms with Crippen molar-refractivity contribution in [1.82, 2.24) is 0 Å². The van der Waals surface area contributed by atoms with E-state index in [1.807, 2.05) is 0 Å². The zero-order valence-electron chi connectivity index (χ0n) is 18.2. The first-order valence-electron chi connectivity index (χ1n) is 11.9. The smallest absolute Gasteiger partial charge is 0.171 e. The summed E-state index contributed by atoms with van der Waals surface area (Å²) in [7, 11) is 0. The van der Waals surface area contributed by atoms with Crippen LogP contribution < -0.4 is 0 Å². The minimum atomic E-state index is -0.849. The second-order valence-electron chi connectivity index (χ2n) is 10.7. The van der Waals surface area contributed by atoms with Gasteiger partial charge in [-0.1, -0.05) is 40.6 Å². The van der Waals surface area contributed by atoms with Crippen LogP contribution in [0.5, 0.6) is 0 Å². The van der Waals surface area contributed by atoms with Crippen LogP contribution in [-0.2, 0) is 14.3 Å². The lowest BCUT2D eigenvalue weighted by Gasteiger charge is -2.55. The summed E-state index contributed by atoms with van der Waals surface area (Å²) < 4.78 is 13.1. The summed E-state index contributed by atoms with van der Waals surface area (Å²) in [6, 6.07) is 8.60. The Morgan fingerprint density at radius 3 is 2.55 bits per heavy atom. The van der Waals surface area contributed by atoms with E-state index in [1.54, 1.807) is 0 Å². The first kappa shape index (κ1) is 20.6. The van der Waals surface area contributed by atoms with Crippen LogP contribution in [0.2, 0.25) is 0 Å². The maximum atomic E-state index is 13.0. The van der Waals surface area contributed by atoms with E-state index in [4.69, 9.17) is 9.47 Å². The fourth-order valence-electron chi connectivity index (χ4n) is 7.78. The van der Waals surface area contributed by atoms with Gasteiger partial charge in [-0.2, -0.15) is 0 Å². The predicted molar refractivity (Wildman–Crippen MR) is 121 cm³/mol. The Morgan fingerprint density at radius 2 is 1.81 bits per heavy atom. The largest absolute Gasteiger partial charge is 0.385 e. The highest BCUT2D eigenvalue weighted by molar-refractivity contribution is 9.10. The third kappa shape index (κ3) is 2.99. The molecule has 4 fully saturated rings. The van der Waals surface area contributed by atoms with Gasteiger partial charge in [0, 0.05) is 35.1 Å². The van der Waals surface area contributed by atoms with Gasteiger partial charge in [0.05, 0.1) is 18.8 Å². The highest BCUT2D eigenvalue weighted by Gasteiger charge is 2.60. The zero-order valence-corrected chi connectivity index (χ0v) is 19.7. The molecule has 1 aliphatic heterocycles. The maximum absolute atomic E-state index is 13.0. The molecule has 0 bridgehead atoms. The monoisotopic (exact) mass is 486 g/mol. The summed E-state index contributed by atoms with van der Waals surface area (Å²) in [5.74, 6) is 0.843. The number of carbonyl (C=O) groups excluding carboxylic acids is 1. The van der Waals surface area contributed by atoms with E-state index in [1.165, 1.54) is 16.7 Å². The second kappa shape index (κ2) is 6.99. The van der Waals surface area contributed by atoms with E-state index >= 15 is 0 Å². The Labute approximate surface area is 192 Å². The highest BCUT2D eigenvalue weighted by atomic mass is 79.9. The Hall–Kier alpha value is -1.01. The first-order valence-corrected chi connectivity index (χ1v) is 12.7. The molecular formula is C26H31BrO4. The predicted octanol–water partition coefficient (Wildman–Crippen LogP) is 5.29. The Morgan fingerprint density at radius 1 is 1.06 bits per heavy atom. The molecule has 1 N–H and O–H groups in total. The van der Waals surface area contributed by atoms with Gasteiger partial charge in [-0.05, 0) is 67.2 Å². The van der Waals surface area contributed by atoms with Crippen molar-refractivity contribution in [1.29, 1.82) is 0 Å². The summed E-state index contributed by atoms with van der Waals surface area (Å²) >= 11 is 3.57. The molecule has 1 heterocycles. The van der Waals surface area contributed by atoms with E-state index < -0.39 is 11.4 Å². The van der Waals surface area contributed by atoms with Crippen molar-refractivity contribution in [3.05, 3.63) is 45.4 Å². The van der Waals surface area contributed by atoms with Crippen LogP contribution in [0.1, 0.15) is 69.8 Å². The molecule has 1 saturated heterocycles. The van der Waals surface area contributed by atoms with Crippen molar-refractivity contribution in [2.75, 3.05) is 13.2 Å². The lowest BCUT2D eigenvalue weighted by molar-refractivity contribution is -0.208. The fourth-order valence-corrected chi connectivity index (χ4v) is 8.04. The molecule has 166 valence electrons. The molecule has 1 aromatic carbocycles. The molecule has 5 aliphatic rings. The zero-order chi connectivity index (χ0) is 21.4. The highest BCUT2D eigenvalue weighted by Crippen LogP contribution is 2.64. The number of allylic oxidation sites excluding steroid dienone is 1. The molecule has 6 rings (SSSR count). The lowest BCUT2D eigenvalue weighted by Crippen LogP contribution is -2.53. The van der Waals surface area contributed by atoms with Crippen LogP contribution in [0.4, 0.5) is 0 Å². The molecule has 3 saturated carbocycles. The Kier molecular flexibility index (Phi) is 4.64. The summed E-state index contributed by atoms with van der Waals surface area (Å²) in [6.07, 6.45) is 6.45. The number of fused-ring (bicyclic) bond motifs is 4. The van der Waals surface area contributed by atoms with Crippen molar-refractivity contribution >= 4 is 21.7 Å². The average molecular weight is 487 g/mol. The van der Waals surface area contributed by atoms with Crippen LogP contribution in [-0.4, -0.2) is 35.5 Å². The van der Waals surface area contributed by atoms with Crippen LogP contribution in [0.25, 0.3) is 0 Å². The quantitative estimate of drug-likeness (QED) is 0.548. The van der Waals surface area contributed by atoms with Gasteiger partial charge in [0.2, 0.25) is 0 Å². The van der Waals surface area contributed by atoms with Gasteiger partial charge in [-0.3, -0.25) is 4.79 Å². The van der Waals surface area contributed by atoms with Crippen molar-refractivity contribution in [2.24, 2.45) is 17.3 Å². The molecule has 5 atom stereocenters. The summed E-state index contributed by atoms with van der Waals surface area (Å²) in [5.41, 5.74) is 2.87. The maximum Gasteiger partial charge on any atom is 0.171 e. The normalized spacial score (nSPS) is 41.3. The molecule has 0 radical (unpaired) electrons. The summed E-state index contributed by atoms with van der Waals surface area (Å²) in [4.78, 5) is 13.0. The molecule has 1 spiro atoms. The average Bonchev–Trinajstić information content (AvgIpc) is 3.31. The molecule has 4 nitrogen and oxygen atoms in total. The number of ether oxygens (including phenoxy) is 2. The number of aliphatic hydroxyl groups is 1. The number of Topliss-reactive ketones (excluding diaryl/α,β-unsaturated/α-hetero) is 1. The third-order valence-corrected chi connectivity index (χ3v) is 9.74. The van der Waals surface area contributed by atoms with Gasteiger partial charge in [0.25, 0.3) is 0 Å². The minimum Gasteiger partial charge on any atom is -0.385 e. The van der Waals surface area contributed by atoms with Gasteiger partial charge < -0.3 is 14.6 Å². The fraction of sp³-hybridized carbons (Fsp3) is 0.654. The van der Waals surface area contributed by atoms with Crippen LogP contribution in [0, 0.1) is 17.3 Å². The molecule has 31 heavy (non-hydrogen) atoms. The number of benzene rings is 1. The standard InChI is InChI=1S/C26H31BrO4/c1-24-14-19(16-2-4-17(27)5-3-16)23-18(20(24)6-7-22(24)28)8-10-25(29)15-26(11-9-21(23)25)30-12-13-31-26/h2-5,18-20,29H,6-15H2,1H3/t18?,19?,20?,24-,25+/m0/s1. The number of rotatable bonds is 1. The van der Waals surface area contributed by atoms with Crippen molar-refractivity contribution in [2.45, 2.75) is 75.6 Å². The molecule has 0 amide bonds. The van der Waals surface area contributed by atoms with Crippen LogP contribution in [0.15, 0.2) is 39.9 Å². The van der Waals surface area contributed by atoms with Gasteiger partial charge in [-0.25, -0.2) is 0 Å². The number of halogens is 1. The van der Waals surface area contributed by atoms with E-state index in [9.17, 15) is 9.90 Å². The van der Waals surface area contributed by atoms with Crippen molar-refractivity contribution < 1.29 is 19.4 Å². The minimum absolute atomic E-state index is 0.197. The van der Waals surface area contributed by atoms with E-state index in [0.29, 0.717) is 43.7 Å². The van der Waals surface area contributed by atoms with Crippen molar-refractivity contribution in [3.63, 3.8) is 0 Å². The van der Waals surface area contributed by atoms with Crippen LogP contribution in [0.3, 0.4) is 0 Å². The first-order chi connectivity index (χ1) is 14.8. The van der Waals surface area contributed by atoms with Gasteiger partial charge >= 0.3 is 0 Å². The number of hydrogen-bond acceptors (Lipinski definition) is 4. The van der Waals surface area contributed by atoms with Crippen molar-refractivity contribution in [3.8, 4) is 0 Å². The molecule has 3 unspecified atom stereocenters. The second-order valence-corrected chi connectivity index (χ2v) is 11.6. The molecule has 0 aromatic heterocycles. The number of carbonyl (C=O) groups is 1. The van der Waals surface area contributed by atoms with E-state index in [-0.39, 0.29) is 11.3 Å². The summed E-state index contributed by atoms with van der Waals surface area (Å²) in [6.45, 7) is 3.46. The molecule has 5 heteroatoms. The number of hydrogen-bond donors (Lipinski definition) is 1. The topological polar surface area (TPSA) is 55.8 Å². The third-order valence-electron chi connectivity index (χ3n) is 9.21. The van der Waals surface area contributed by atoms with Gasteiger partial charge in [0.15, 0.2) is 5.79 Å². The lowest BCUT2D eigenvalue weighted by atomic mass is 9.51. The molecular weight excluding hydrogens is 456 g/mol. The van der Waals surface area contributed by atoms with Crippen LogP contribution >= 0.6 is 15.9 Å². The van der Waals surface area contributed by atoms with E-state index in [2.05, 4.69) is 47.1 Å². The van der Waals surface area contributed by atoms with Gasteiger partial charge in [0.1, 0.15) is 5.78 Å². The SMILES string of the molecule is C[C@]12CC(c3ccc(Br)cc3)C3=C4CCC5(C[C@]4(O)CCC3C1CCC2=O)OCCO5. The Balaban J connectivity index is 1.48.